The Balaban J connectivity index is 2.94. The first-order valence-corrected chi connectivity index (χ1v) is 6.56. The molecule has 0 saturated carbocycles. The molecule has 0 bridgehead atoms. The third-order valence-electron chi connectivity index (χ3n) is 3.07. The van der Waals surface area contributed by atoms with Crippen LogP contribution >= 0.6 is 0 Å². The normalized spacial score (nSPS) is 12.5. The lowest BCUT2D eigenvalue weighted by Gasteiger charge is -2.28. The van der Waals surface area contributed by atoms with Gasteiger partial charge in [-0.05, 0) is 45.9 Å². The molecule has 0 fully saturated rings. The second kappa shape index (κ2) is 5.73. The Labute approximate surface area is 116 Å². The van der Waals surface area contributed by atoms with Crippen LogP contribution in [0.4, 0.5) is 0 Å². The molecule has 0 unspecified atom stereocenters. The number of hydrogen-bond donors (Lipinski definition) is 1. The van der Waals surface area contributed by atoms with E-state index in [1.807, 2.05) is 39.1 Å². The number of nitriles is 1. The van der Waals surface area contributed by atoms with Crippen molar-refractivity contribution in [2.45, 2.75) is 45.3 Å². The Morgan fingerprint density at radius 3 is 2.32 bits per heavy atom. The van der Waals surface area contributed by atoms with Crippen molar-refractivity contribution in [3.8, 4) is 6.07 Å². The van der Waals surface area contributed by atoms with Crippen LogP contribution in [0.25, 0.3) is 0 Å². The highest BCUT2D eigenvalue weighted by molar-refractivity contribution is 5.37. The zero-order chi connectivity index (χ0) is 14.7. The minimum atomic E-state index is -0.714. The Morgan fingerprint density at radius 1 is 1.21 bits per heavy atom. The Kier molecular flexibility index (Phi) is 4.73. The number of benzene rings is 1. The molecular formula is C16H24N2O. The molecule has 1 aromatic carbocycles. The fourth-order valence-electron chi connectivity index (χ4n) is 2.34. The van der Waals surface area contributed by atoms with Crippen LogP contribution in [0.2, 0.25) is 0 Å². The highest BCUT2D eigenvalue weighted by Gasteiger charge is 2.24. The Bertz CT molecular complexity index is 466. The fraction of sp³-hybridized carbons (Fsp3) is 0.562. The molecule has 104 valence electrons. The zero-order valence-electron chi connectivity index (χ0n) is 12.6. The number of nitrogens with zero attached hydrogens (tertiary/aromatic N) is 2. The van der Waals surface area contributed by atoms with Gasteiger partial charge in [0.25, 0.3) is 0 Å². The molecule has 0 heterocycles. The molecular weight excluding hydrogens is 236 g/mol. The van der Waals surface area contributed by atoms with E-state index in [4.69, 9.17) is 0 Å². The first-order chi connectivity index (χ1) is 8.65. The van der Waals surface area contributed by atoms with E-state index < -0.39 is 11.0 Å². The van der Waals surface area contributed by atoms with E-state index in [9.17, 15) is 10.4 Å². The quantitative estimate of drug-likeness (QED) is 0.885. The first kappa shape index (κ1) is 15.7. The summed E-state index contributed by atoms with van der Waals surface area (Å²) in [5.41, 5.74) is 0.988. The summed E-state index contributed by atoms with van der Waals surface area (Å²) < 4.78 is 0. The number of likely N-dealkylation sites (N-methyl/N-ethyl adjacent to an activating group) is 1. The molecule has 0 aliphatic heterocycles. The first-order valence-electron chi connectivity index (χ1n) is 6.56. The van der Waals surface area contributed by atoms with Gasteiger partial charge >= 0.3 is 0 Å². The fourth-order valence-corrected chi connectivity index (χ4v) is 2.34. The van der Waals surface area contributed by atoms with E-state index in [2.05, 4.69) is 17.0 Å². The van der Waals surface area contributed by atoms with Crippen molar-refractivity contribution in [1.29, 1.82) is 5.26 Å². The van der Waals surface area contributed by atoms with Gasteiger partial charge in [-0.1, -0.05) is 24.3 Å². The van der Waals surface area contributed by atoms with E-state index >= 15 is 0 Å². The minimum Gasteiger partial charge on any atom is -0.389 e. The van der Waals surface area contributed by atoms with Crippen molar-refractivity contribution in [1.82, 2.24) is 4.90 Å². The standard InChI is InChI=1S/C16H24N2O/c1-15(2,11-17)14-9-7-6-8-13(14)10-18(5)12-16(3,4)19/h6-9,19H,10,12H2,1-5H3. The predicted octanol–water partition coefficient (Wildman–Crippen LogP) is 2.69. The van der Waals surface area contributed by atoms with Crippen molar-refractivity contribution in [2.75, 3.05) is 13.6 Å². The predicted molar refractivity (Wildman–Crippen MR) is 77.7 cm³/mol. The SMILES string of the molecule is CN(Cc1ccccc1C(C)(C)C#N)CC(C)(C)O. The minimum absolute atomic E-state index is 0.494. The van der Waals surface area contributed by atoms with Crippen molar-refractivity contribution in [3.05, 3.63) is 35.4 Å². The van der Waals surface area contributed by atoms with Crippen LogP contribution in [0.15, 0.2) is 24.3 Å². The molecule has 0 amide bonds. The number of aliphatic hydroxyl groups is 1. The second-order valence-electron chi connectivity index (χ2n) is 6.38. The summed E-state index contributed by atoms with van der Waals surface area (Å²) in [4.78, 5) is 2.08. The van der Waals surface area contributed by atoms with Gasteiger partial charge in [0.05, 0.1) is 17.1 Å². The van der Waals surface area contributed by atoms with Crippen LogP contribution in [-0.2, 0) is 12.0 Å². The van der Waals surface area contributed by atoms with Gasteiger partial charge in [0.15, 0.2) is 0 Å². The molecule has 1 rings (SSSR count). The summed E-state index contributed by atoms with van der Waals surface area (Å²) in [6, 6.07) is 10.4. The molecule has 0 aliphatic rings. The molecule has 0 radical (unpaired) electrons. The average Bonchev–Trinajstić information content (AvgIpc) is 2.27. The molecule has 3 nitrogen and oxygen atoms in total. The Hall–Kier alpha value is -1.37. The highest BCUT2D eigenvalue weighted by Crippen LogP contribution is 2.26. The second-order valence-corrected chi connectivity index (χ2v) is 6.38. The van der Waals surface area contributed by atoms with Gasteiger partial charge in [0, 0.05) is 13.1 Å². The van der Waals surface area contributed by atoms with Gasteiger partial charge in [0.2, 0.25) is 0 Å². The summed E-state index contributed by atoms with van der Waals surface area (Å²) in [5.74, 6) is 0. The summed E-state index contributed by atoms with van der Waals surface area (Å²) in [6.07, 6.45) is 0. The summed E-state index contributed by atoms with van der Waals surface area (Å²) >= 11 is 0. The molecule has 1 aromatic rings. The van der Waals surface area contributed by atoms with E-state index in [1.54, 1.807) is 13.8 Å². The van der Waals surface area contributed by atoms with Gasteiger partial charge < -0.3 is 5.11 Å². The van der Waals surface area contributed by atoms with Crippen molar-refractivity contribution >= 4 is 0 Å². The maximum atomic E-state index is 9.85. The Morgan fingerprint density at radius 2 is 1.79 bits per heavy atom. The van der Waals surface area contributed by atoms with Crippen LogP contribution in [0.3, 0.4) is 0 Å². The summed E-state index contributed by atoms with van der Waals surface area (Å²) in [5, 5.41) is 19.1. The van der Waals surface area contributed by atoms with Crippen LogP contribution in [0, 0.1) is 11.3 Å². The van der Waals surface area contributed by atoms with Gasteiger partial charge in [-0.25, -0.2) is 0 Å². The monoisotopic (exact) mass is 260 g/mol. The third-order valence-corrected chi connectivity index (χ3v) is 3.07. The highest BCUT2D eigenvalue weighted by atomic mass is 16.3. The topological polar surface area (TPSA) is 47.3 Å². The van der Waals surface area contributed by atoms with E-state index in [-0.39, 0.29) is 0 Å². The average molecular weight is 260 g/mol. The molecule has 0 aromatic heterocycles. The van der Waals surface area contributed by atoms with E-state index in [1.165, 1.54) is 0 Å². The molecule has 0 atom stereocenters. The molecule has 0 saturated heterocycles. The van der Waals surface area contributed by atoms with Crippen molar-refractivity contribution in [2.24, 2.45) is 0 Å². The lowest BCUT2D eigenvalue weighted by molar-refractivity contribution is 0.0424. The summed E-state index contributed by atoms with van der Waals surface area (Å²) in [7, 11) is 1.98. The zero-order valence-corrected chi connectivity index (χ0v) is 12.6. The van der Waals surface area contributed by atoms with Crippen LogP contribution in [0.5, 0.6) is 0 Å². The van der Waals surface area contributed by atoms with Crippen LogP contribution in [0.1, 0.15) is 38.8 Å². The van der Waals surface area contributed by atoms with Gasteiger partial charge in [-0.2, -0.15) is 5.26 Å². The molecule has 0 spiro atoms. The summed E-state index contributed by atoms with van der Waals surface area (Å²) in [6.45, 7) is 8.78. The molecule has 0 aliphatic carbocycles. The maximum Gasteiger partial charge on any atom is 0.0769 e. The lowest BCUT2D eigenvalue weighted by atomic mass is 9.83. The van der Waals surface area contributed by atoms with Crippen LogP contribution < -0.4 is 0 Å². The van der Waals surface area contributed by atoms with Crippen LogP contribution in [-0.4, -0.2) is 29.2 Å². The van der Waals surface area contributed by atoms with Gasteiger partial charge in [-0.3, -0.25) is 4.90 Å². The number of rotatable bonds is 5. The van der Waals surface area contributed by atoms with E-state index in [0.717, 1.165) is 17.7 Å². The maximum absolute atomic E-state index is 9.85. The van der Waals surface area contributed by atoms with Crippen molar-refractivity contribution in [3.63, 3.8) is 0 Å². The van der Waals surface area contributed by atoms with Gasteiger partial charge in [0.1, 0.15) is 0 Å². The van der Waals surface area contributed by atoms with Crippen molar-refractivity contribution < 1.29 is 5.11 Å². The third kappa shape index (κ3) is 4.66. The largest absolute Gasteiger partial charge is 0.389 e. The van der Waals surface area contributed by atoms with E-state index in [0.29, 0.717) is 6.54 Å². The molecule has 1 N–H and O–H groups in total. The molecule has 3 heteroatoms. The lowest BCUT2D eigenvalue weighted by Crippen LogP contribution is -2.36. The number of hydrogen-bond acceptors (Lipinski definition) is 3. The van der Waals surface area contributed by atoms with Gasteiger partial charge in [-0.15, -0.1) is 0 Å². The molecule has 19 heavy (non-hydrogen) atoms. The smallest absolute Gasteiger partial charge is 0.0769 e.